The number of piperidine rings is 1. The van der Waals surface area contributed by atoms with E-state index in [9.17, 15) is 14.7 Å². The lowest BCUT2D eigenvalue weighted by Crippen LogP contribution is -2.29. The molecule has 0 aliphatic carbocycles. The highest BCUT2D eigenvalue weighted by Gasteiger charge is 2.29. The summed E-state index contributed by atoms with van der Waals surface area (Å²) in [5.74, 6) is -1.30. The Balaban J connectivity index is 1.77. The molecule has 1 N–H and O–H groups in total. The Labute approximate surface area is 172 Å². The number of likely N-dealkylation sites (tertiary alicyclic amines) is 1. The van der Waals surface area contributed by atoms with E-state index in [0.29, 0.717) is 23.5 Å². The molecule has 0 aromatic carbocycles. The molecule has 1 fully saturated rings. The second kappa shape index (κ2) is 8.66. The standard InChI is InChI=1S/C21H24N4O5/c1-29-18(27)11-15(16-12-23-25-9-5-6-22-21(16)25)20-19(28)17(26)10-14(30-20)13-24-7-3-2-4-8-24/h5-6,9-10,12,15,28H,2-4,7-8,11,13H2,1H3. The molecular formula is C21H24N4O5. The van der Waals surface area contributed by atoms with Gasteiger partial charge in [-0.25, -0.2) is 9.50 Å². The lowest BCUT2D eigenvalue weighted by Gasteiger charge is -2.26. The molecule has 1 saturated heterocycles. The molecule has 1 atom stereocenters. The van der Waals surface area contributed by atoms with Crippen molar-refractivity contribution in [2.45, 2.75) is 38.1 Å². The maximum Gasteiger partial charge on any atom is 0.306 e. The van der Waals surface area contributed by atoms with Crippen molar-refractivity contribution in [3.63, 3.8) is 0 Å². The molecule has 0 bridgehead atoms. The first-order chi connectivity index (χ1) is 14.6. The lowest BCUT2D eigenvalue weighted by atomic mass is 9.94. The van der Waals surface area contributed by atoms with Gasteiger partial charge in [-0.15, -0.1) is 0 Å². The number of methoxy groups -OCH3 is 1. The third kappa shape index (κ3) is 4.06. The molecule has 158 valence electrons. The number of aromatic hydroxyl groups is 1. The van der Waals surface area contributed by atoms with Gasteiger partial charge in [0.05, 0.1) is 32.2 Å². The van der Waals surface area contributed by atoms with Crippen molar-refractivity contribution in [1.29, 1.82) is 0 Å². The number of nitrogens with zero attached hydrogens (tertiary/aromatic N) is 4. The first-order valence-electron chi connectivity index (χ1n) is 10.00. The molecule has 0 amide bonds. The molecule has 0 radical (unpaired) electrons. The van der Waals surface area contributed by atoms with Crippen molar-refractivity contribution in [2.24, 2.45) is 0 Å². The zero-order valence-electron chi connectivity index (χ0n) is 16.8. The molecule has 1 aliphatic rings. The van der Waals surface area contributed by atoms with Gasteiger partial charge in [-0.2, -0.15) is 5.10 Å². The van der Waals surface area contributed by atoms with Gasteiger partial charge in [0.1, 0.15) is 5.76 Å². The Bertz CT molecular complexity index is 1100. The fourth-order valence-corrected chi connectivity index (χ4v) is 3.89. The fourth-order valence-electron chi connectivity index (χ4n) is 3.89. The van der Waals surface area contributed by atoms with E-state index in [1.165, 1.54) is 19.6 Å². The average molecular weight is 412 g/mol. The van der Waals surface area contributed by atoms with Gasteiger partial charge in [-0.05, 0) is 32.0 Å². The monoisotopic (exact) mass is 412 g/mol. The van der Waals surface area contributed by atoms with Crippen LogP contribution in [0.2, 0.25) is 0 Å². The summed E-state index contributed by atoms with van der Waals surface area (Å²) in [5.41, 5.74) is 0.534. The zero-order valence-corrected chi connectivity index (χ0v) is 16.8. The second-order valence-electron chi connectivity index (χ2n) is 7.45. The molecule has 0 saturated carbocycles. The third-order valence-corrected chi connectivity index (χ3v) is 5.42. The van der Waals surface area contributed by atoms with Crippen LogP contribution in [0.4, 0.5) is 0 Å². The van der Waals surface area contributed by atoms with Crippen molar-refractivity contribution >= 4 is 11.6 Å². The highest BCUT2D eigenvalue weighted by Crippen LogP contribution is 2.35. The summed E-state index contributed by atoms with van der Waals surface area (Å²) in [5, 5.41) is 14.8. The summed E-state index contributed by atoms with van der Waals surface area (Å²) < 4.78 is 12.4. The third-order valence-electron chi connectivity index (χ3n) is 5.42. The largest absolute Gasteiger partial charge is 0.502 e. The van der Waals surface area contributed by atoms with Gasteiger partial charge in [0.2, 0.25) is 11.2 Å². The second-order valence-corrected chi connectivity index (χ2v) is 7.45. The predicted molar refractivity (Wildman–Crippen MR) is 107 cm³/mol. The van der Waals surface area contributed by atoms with Gasteiger partial charge in [0, 0.05) is 24.0 Å². The fraction of sp³-hybridized carbons (Fsp3) is 0.429. The zero-order chi connectivity index (χ0) is 21.1. The molecule has 0 spiro atoms. The van der Waals surface area contributed by atoms with Crippen LogP contribution in [0.5, 0.6) is 5.75 Å². The smallest absolute Gasteiger partial charge is 0.306 e. The maximum atomic E-state index is 12.5. The summed E-state index contributed by atoms with van der Waals surface area (Å²) in [4.78, 5) is 31.2. The van der Waals surface area contributed by atoms with Crippen molar-refractivity contribution in [3.8, 4) is 5.75 Å². The first kappa shape index (κ1) is 20.1. The van der Waals surface area contributed by atoms with E-state index in [-0.39, 0.29) is 12.2 Å². The van der Waals surface area contributed by atoms with Crippen molar-refractivity contribution < 1.29 is 19.1 Å². The summed E-state index contributed by atoms with van der Waals surface area (Å²) >= 11 is 0. The number of carbonyl (C=O) groups is 1. The number of rotatable bonds is 6. The molecule has 9 nitrogen and oxygen atoms in total. The topological polar surface area (TPSA) is 110 Å². The number of hydrogen-bond acceptors (Lipinski definition) is 8. The summed E-state index contributed by atoms with van der Waals surface area (Å²) in [6, 6.07) is 3.05. The molecule has 4 rings (SSSR count). The van der Waals surface area contributed by atoms with E-state index < -0.39 is 23.1 Å². The number of aromatic nitrogens is 3. The van der Waals surface area contributed by atoms with E-state index in [2.05, 4.69) is 15.0 Å². The first-order valence-corrected chi connectivity index (χ1v) is 10.00. The van der Waals surface area contributed by atoms with Gasteiger partial charge >= 0.3 is 5.97 Å². The SMILES string of the molecule is COC(=O)CC(c1oc(CN2CCCCC2)cc(=O)c1O)c1cnn2cccnc12. The average Bonchev–Trinajstić information content (AvgIpc) is 3.19. The Hall–Kier alpha value is -3.20. The summed E-state index contributed by atoms with van der Waals surface area (Å²) in [6.45, 7) is 2.34. The lowest BCUT2D eigenvalue weighted by molar-refractivity contribution is -0.140. The maximum absolute atomic E-state index is 12.5. The van der Waals surface area contributed by atoms with Crippen molar-refractivity contribution in [3.05, 3.63) is 58.0 Å². The van der Waals surface area contributed by atoms with Crippen LogP contribution in [0.3, 0.4) is 0 Å². The molecule has 30 heavy (non-hydrogen) atoms. The van der Waals surface area contributed by atoms with E-state index in [0.717, 1.165) is 25.9 Å². The van der Waals surface area contributed by atoms with Crippen molar-refractivity contribution in [1.82, 2.24) is 19.5 Å². The van der Waals surface area contributed by atoms with Gasteiger partial charge in [-0.3, -0.25) is 14.5 Å². The Morgan fingerprint density at radius 1 is 1.33 bits per heavy atom. The van der Waals surface area contributed by atoms with Crippen LogP contribution in [0, 0.1) is 0 Å². The minimum absolute atomic E-state index is 0.0282. The predicted octanol–water partition coefficient (Wildman–Crippen LogP) is 2.07. The van der Waals surface area contributed by atoms with E-state index in [1.807, 2.05) is 0 Å². The summed E-state index contributed by atoms with van der Waals surface area (Å²) in [6.07, 6.45) is 8.18. The van der Waals surface area contributed by atoms with Crippen LogP contribution < -0.4 is 5.43 Å². The minimum atomic E-state index is -0.765. The quantitative estimate of drug-likeness (QED) is 0.613. The van der Waals surface area contributed by atoms with E-state index in [4.69, 9.17) is 9.15 Å². The van der Waals surface area contributed by atoms with Gasteiger partial charge in [0.15, 0.2) is 11.4 Å². The van der Waals surface area contributed by atoms with Gasteiger partial charge in [0.25, 0.3) is 0 Å². The highest BCUT2D eigenvalue weighted by atomic mass is 16.5. The molecular weight excluding hydrogens is 388 g/mol. The molecule has 3 aromatic rings. The van der Waals surface area contributed by atoms with Crippen LogP contribution >= 0.6 is 0 Å². The number of esters is 1. The molecule has 4 heterocycles. The number of hydrogen-bond donors (Lipinski definition) is 1. The Kier molecular flexibility index (Phi) is 5.80. The van der Waals surface area contributed by atoms with Crippen LogP contribution in [0.15, 0.2) is 39.9 Å². The number of fused-ring (bicyclic) bond motifs is 1. The van der Waals surface area contributed by atoms with E-state index in [1.54, 1.807) is 29.2 Å². The molecule has 1 unspecified atom stereocenters. The van der Waals surface area contributed by atoms with Crippen LogP contribution in [-0.4, -0.2) is 50.8 Å². The van der Waals surface area contributed by atoms with Crippen LogP contribution in [0.1, 0.15) is 48.7 Å². The summed E-state index contributed by atoms with van der Waals surface area (Å²) in [7, 11) is 1.29. The van der Waals surface area contributed by atoms with Crippen LogP contribution in [-0.2, 0) is 16.1 Å². The Morgan fingerprint density at radius 3 is 2.90 bits per heavy atom. The molecule has 9 heteroatoms. The molecule has 3 aromatic heterocycles. The van der Waals surface area contributed by atoms with Gasteiger partial charge in [-0.1, -0.05) is 6.42 Å². The van der Waals surface area contributed by atoms with Crippen molar-refractivity contribution in [2.75, 3.05) is 20.2 Å². The Morgan fingerprint density at radius 2 is 2.13 bits per heavy atom. The van der Waals surface area contributed by atoms with Gasteiger partial charge < -0.3 is 14.3 Å². The van der Waals surface area contributed by atoms with E-state index >= 15 is 0 Å². The number of carbonyl (C=O) groups excluding carboxylic acids is 1. The highest BCUT2D eigenvalue weighted by molar-refractivity contribution is 5.72. The van der Waals surface area contributed by atoms with Crippen LogP contribution in [0.25, 0.3) is 5.65 Å². The molecule has 1 aliphatic heterocycles. The normalized spacial score (nSPS) is 15.9. The minimum Gasteiger partial charge on any atom is -0.502 e. The number of ether oxygens (including phenoxy) is 1.